The van der Waals surface area contributed by atoms with Gasteiger partial charge in [-0.3, -0.25) is 9.78 Å². The summed E-state index contributed by atoms with van der Waals surface area (Å²) < 4.78 is 5.70. The lowest BCUT2D eigenvalue weighted by atomic mass is 10.2. The minimum absolute atomic E-state index is 0.237. The zero-order chi connectivity index (χ0) is 14.4. The standard InChI is InChI=1S/C16H16N2O2/c1-3-4-12-5-7-13(8-6-12)20-14-9-10-18-15(11-14)16(19)17-2/h3-11H,1-2H3,(H,17,19)/b4-3+. The van der Waals surface area contributed by atoms with Crippen LogP contribution in [0.3, 0.4) is 0 Å². The van der Waals surface area contributed by atoms with Crippen LogP contribution in [0.2, 0.25) is 0 Å². The SMILES string of the molecule is C/C=C/c1ccc(Oc2ccnc(C(=O)NC)c2)cc1. The van der Waals surface area contributed by atoms with Gasteiger partial charge in [-0.05, 0) is 30.7 Å². The van der Waals surface area contributed by atoms with Crippen LogP contribution in [0.25, 0.3) is 6.08 Å². The van der Waals surface area contributed by atoms with Crippen molar-refractivity contribution < 1.29 is 9.53 Å². The molecule has 1 N–H and O–H groups in total. The fourth-order valence-corrected chi connectivity index (χ4v) is 1.70. The van der Waals surface area contributed by atoms with Crippen LogP contribution in [-0.4, -0.2) is 17.9 Å². The maximum atomic E-state index is 11.5. The minimum atomic E-state index is -0.237. The predicted molar refractivity (Wildman–Crippen MR) is 78.9 cm³/mol. The molecule has 0 saturated carbocycles. The van der Waals surface area contributed by atoms with E-state index in [1.165, 1.54) is 0 Å². The average molecular weight is 268 g/mol. The topological polar surface area (TPSA) is 51.2 Å². The van der Waals surface area contributed by atoms with Crippen LogP contribution in [0.5, 0.6) is 11.5 Å². The van der Waals surface area contributed by atoms with Crippen LogP contribution in [-0.2, 0) is 0 Å². The number of aromatic nitrogens is 1. The lowest BCUT2D eigenvalue weighted by Gasteiger charge is -2.07. The van der Waals surface area contributed by atoms with Gasteiger partial charge >= 0.3 is 0 Å². The van der Waals surface area contributed by atoms with E-state index in [1.54, 1.807) is 25.4 Å². The molecule has 1 amide bonds. The van der Waals surface area contributed by atoms with Crippen LogP contribution < -0.4 is 10.1 Å². The molecule has 0 aliphatic carbocycles. The largest absolute Gasteiger partial charge is 0.457 e. The molecular weight excluding hydrogens is 252 g/mol. The number of ether oxygens (including phenoxy) is 1. The second-order valence-electron chi connectivity index (χ2n) is 4.13. The number of hydrogen-bond acceptors (Lipinski definition) is 3. The van der Waals surface area contributed by atoms with Gasteiger partial charge in [-0.1, -0.05) is 24.3 Å². The van der Waals surface area contributed by atoms with Crippen LogP contribution >= 0.6 is 0 Å². The van der Waals surface area contributed by atoms with Crippen molar-refractivity contribution in [1.82, 2.24) is 10.3 Å². The maximum absolute atomic E-state index is 11.5. The van der Waals surface area contributed by atoms with Crippen molar-refractivity contribution in [3.8, 4) is 11.5 Å². The van der Waals surface area contributed by atoms with Crippen molar-refractivity contribution in [2.45, 2.75) is 6.92 Å². The van der Waals surface area contributed by atoms with Gasteiger partial charge in [0.1, 0.15) is 17.2 Å². The highest BCUT2D eigenvalue weighted by Crippen LogP contribution is 2.22. The zero-order valence-electron chi connectivity index (χ0n) is 11.5. The molecular formula is C16H16N2O2. The predicted octanol–water partition coefficient (Wildman–Crippen LogP) is 3.27. The fourth-order valence-electron chi connectivity index (χ4n) is 1.70. The molecule has 2 aromatic rings. The number of amides is 1. The third-order valence-corrected chi connectivity index (χ3v) is 2.67. The molecule has 1 aromatic heterocycles. The van der Waals surface area contributed by atoms with Gasteiger partial charge in [0.15, 0.2) is 0 Å². The molecule has 0 saturated heterocycles. The molecule has 0 spiro atoms. The maximum Gasteiger partial charge on any atom is 0.269 e. The van der Waals surface area contributed by atoms with Gasteiger partial charge in [-0.15, -0.1) is 0 Å². The van der Waals surface area contributed by atoms with Gasteiger partial charge in [0.05, 0.1) is 0 Å². The molecule has 1 aromatic carbocycles. The summed E-state index contributed by atoms with van der Waals surface area (Å²) in [5.41, 5.74) is 1.44. The first-order valence-electron chi connectivity index (χ1n) is 6.31. The molecule has 0 fully saturated rings. The Kier molecular flexibility index (Phi) is 4.50. The number of nitrogens with zero attached hydrogens (tertiary/aromatic N) is 1. The molecule has 1 heterocycles. The Bertz CT molecular complexity index is 619. The number of nitrogens with one attached hydrogen (secondary N) is 1. The summed E-state index contributed by atoms with van der Waals surface area (Å²) in [6, 6.07) is 11.0. The third-order valence-electron chi connectivity index (χ3n) is 2.67. The molecule has 102 valence electrons. The van der Waals surface area contributed by atoms with Crippen molar-refractivity contribution >= 4 is 12.0 Å². The Morgan fingerprint density at radius 3 is 2.60 bits per heavy atom. The number of allylic oxidation sites excluding steroid dienone is 1. The van der Waals surface area contributed by atoms with E-state index in [9.17, 15) is 4.79 Å². The van der Waals surface area contributed by atoms with Crippen LogP contribution in [0.4, 0.5) is 0 Å². The average Bonchev–Trinajstić information content (AvgIpc) is 2.49. The summed E-state index contributed by atoms with van der Waals surface area (Å²) >= 11 is 0. The van der Waals surface area contributed by atoms with Gasteiger partial charge in [0, 0.05) is 19.3 Å². The zero-order valence-corrected chi connectivity index (χ0v) is 11.5. The number of carbonyl (C=O) groups excluding carboxylic acids is 1. The van der Waals surface area contributed by atoms with E-state index >= 15 is 0 Å². The summed E-state index contributed by atoms with van der Waals surface area (Å²) in [5.74, 6) is 1.06. The van der Waals surface area contributed by atoms with E-state index < -0.39 is 0 Å². The van der Waals surface area contributed by atoms with Crippen molar-refractivity contribution in [2.75, 3.05) is 7.05 Å². The number of hydrogen-bond donors (Lipinski definition) is 1. The first kappa shape index (κ1) is 13.8. The summed E-state index contributed by atoms with van der Waals surface area (Å²) in [5, 5.41) is 2.53. The normalized spacial score (nSPS) is 10.5. The summed E-state index contributed by atoms with van der Waals surface area (Å²) in [7, 11) is 1.57. The van der Waals surface area contributed by atoms with Crippen molar-refractivity contribution in [1.29, 1.82) is 0 Å². The van der Waals surface area contributed by atoms with Crippen molar-refractivity contribution in [3.63, 3.8) is 0 Å². The van der Waals surface area contributed by atoms with Gasteiger partial charge < -0.3 is 10.1 Å². The molecule has 2 rings (SSSR count). The number of pyridine rings is 1. The molecule has 0 atom stereocenters. The van der Waals surface area contributed by atoms with Crippen LogP contribution in [0, 0.1) is 0 Å². The smallest absolute Gasteiger partial charge is 0.269 e. The second kappa shape index (κ2) is 6.52. The number of benzene rings is 1. The lowest BCUT2D eigenvalue weighted by Crippen LogP contribution is -2.18. The van der Waals surface area contributed by atoms with Gasteiger partial charge in [-0.25, -0.2) is 0 Å². The Labute approximate surface area is 118 Å². The van der Waals surface area contributed by atoms with E-state index in [4.69, 9.17) is 4.74 Å². The molecule has 4 heteroatoms. The summed E-state index contributed by atoms with van der Waals surface area (Å²) in [6.45, 7) is 1.97. The van der Waals surface area contributed by atoms with Crippen molar-refractivity contribution in [2.24, 2.45) is 0 Å². The summed E-state index contributed by atoms with van der Waals surface area (Å²) in [4.78, 5) is 15.5. The quantitative estimate of drug-likeness (QED) is 0.926. The van der Waals surface area contributed by atoms with E-state index in [0.717, 1.165) is 5.56 Å². The highest BCUT2D eigenvalue weighted by atomic mass is 16.5. The van der Waals surface area contributed by atoms with Gasteiger partial charge in [-0.2, -0.15) is 0 Å². The molecule has 0 unspecified atom stereocenters. The second-order valence-corrected chi connectivity index (χ2v) is 4.13. The highest BCUT2D eigenvalue weighted by molar-refractivity contribution is 5.92. The van der Waals surface area contributed by atoms with E-state index in [0.29, 0.717) is 17.2 Å². The number of rotatable bonds is 4. The van der Waals surface area contributed by atoms with Gasteiger partial charge in [0.2, 0.25) is 0 Å². The Morgan fingerprint density at radius 1 is 1.20 bits per heavy atom. The van der Waals surface area contributed by atoms with Crippen LogP contribution in [0.1, 0.15) is 23.0 Å². The molecule has 0 aliphatic rings. The first-order valence-corrected chi connectivity index (χ1v) is 6.31. The molecule has 20 heavy (non-hydrogen) atoms. The molecule has 0 aliphatic heterocycles. The monoisotopic (exact) mass is 268 g/mol. The lowest BCUT2D eigenvalue weighted by molar-refractivity contribution is 0.0958. The molecule has 0 bridgehead atoms. The third kappa shape index (κ3) is 3.45. The van der Waals surface area contributed by atoms with Crippen LogP contribution in [0.15, 0.2) is 48.7 Å². The molecule has 0 radical (unpaired) electrons. The summed E-state index contributed by atoms with van der Waals surface area (Å²) in [6.07, 6.45) is 5.54. The van der Waals surface area contributed by atoms with E-state index in [2.05, 4.69) is 10.3 Å². The van der Waals surface area contributed by atoms with Crippen molar-refractivity contribution in [3.05, 3.63) is 59.9 Å². The number of carbonyl (C=O) groups is 1. The van der Waals surface area contributed by atoms with E-state index in [-0.39, 0.29) is 5.91 Å². The Hall–Kier alpha value is -2.62. The first-order chi connectivity index (χ1) is 9.72. The molecule has 4 nitrogen and oxygen atoms in total. The Balaban J connectivity index is 2.15. The fraction of sp³-hybridized carbons (Fsp3) is 0.125. The van der Waals surface area contributed by atoms with E-state index in [1.807, 2.05) is 43.3 Å². The highest BCUT2D eigenvalue weighted by Gasteiger charge is 2.06. The Morgan fingerprint density at radius 2 is 1.95 bits per heavy atom. The van der Waals surface area contributed by atoms with Gasteiger partial charge in [0.25, 0.3) is 5.91 Å². The minimum Gasteiger partial charge on any atom is -0.457 e.